The summed E-state index contributed by atoms with van der Waals surface area (Å²) < 4.78 is 2.35. The number of para-hydroxylation sites is 1. The second-order valence-electron chi connectivity index (χ2n) is 12.4. The zero-order valence-electron chi connectivity index (χ0n) is 27.4. The van der Waals surface area contributed by atoms with E-state index in [1.165, 1.54) is 27.5 Å². The second-order valence-corrected chi connectivity index (χ2v) is 12.4. The maximum Gasteiger partial charge on any atom is 0.166 e. The molecule has 0 unspecified atom stereocenters. The smallest absolute Gasteiger partial charge is 0.166 e. The van der Waals surface area contributed by atoms with Crippen LogP contribution in [0.15, 0.2) is 170 Å². The Bertz CT molecular complexity index is 2590. The number of hydrogen-bond donors (Lipinski definition) is 0. The summed E-state index contributed by atoms with van der Waals surface area (Å²) in [6.45, 7) is 2.17. The third-order valence-electron chi connectivity index (χ3n) is 9.32. The lowest BCUT2D eigenvalue weighted by atomic mass is 9.99. The molecule has 0 aliphatic carbocycles. The van der Waals surface area contributed by atoms with E-state index in [4.69, 9.17) is 15.0 Å². The lowest BCUT2D eigenvalue weighted by Gasteiger charge is -2.16. The van der Waals surface area contributed by atoms with Crippen LogP contribution in [-0.2, 0) is 0 Å². The molecule has 0 atom stereocenters. The molecular formula is C45H31N5. The summed E-state index contributed by atoms with van der Waals surface area (Å²) in [7, 11) is 0. The molecule has 0 fully saturated rings. The number of fused-ring (bicyclic) bond motifs is 3. The predicted octanol–water partition coefficient (Wildman–Crippen LogP) is 11.0. The molecule has 0 radical (unpaired) electrons. The lowest BCUT2D eigenvalue weighted by molar-refractivity contribution is 1.06. The predicted molar refractivity (Wildman–Crippen MR) is 204 cm³/mol. The molecule has 6 aromatic carbocycles. The van der Waals surface area contributed by atoms with Gasteiger partial charge in [-0.05, 0) is 77.2 Å². The van der Waals surface area contributed by atoms with Gasteiger partial charge in [0.25, 0.3) is 0 Å². The Kier molecular flexibility index (Phi) is 7.29. The van der Waals surface area contributed by atoms with Gasteiger partial charge in [-0.2, -0.15) is 0 Å². The summed E-state index contributed by atoms with van der Waals surface area (Å²) >= 11 is 0. The van der Waals surface area contributed by atoms with E-state index in [2.05, 4.69) is 101 Å². The van der Waals surface area contributed by atoms with Crippen LogP contribution in [0.4, 0.5) is 0 Å². The van der Waals surface area contributed by atoms with E-state index in [1.807, 2.05) is 85.2 Å². The summed E-state index contributed by atoms with van der Waals surface area (Å²) in [6.07, 6.45) is 3.65. The van der Waals surface area contributed by atoms with Crippen LogP contribution in [0.25, 0.3) is 83.9 Å². The monoisotopic (exact) mass is 641 g/mol. The highest BCUT2D eigenvalue weighted by Crippen LogP contribution is 2.39. The van der Waals surface area contributed by atoms with Crippen molar-refractivity contribution in [3.05, 3.63) is 176 Å². The fraction of sp³-hybridized carbons (Fsp3) is 0.0222. The van der Waals surface area contributed by atoms with Crippen LogP contribution in [-0.4, -0.2) is 24.5 Å². The SMILES string of the molecule is Cc1ccccc1-c1ccc2c(c1)c1ccccc1n2-c1ccc(-c2ccncc2)cc1-c1nc(-c2ccccc2)nc(-c2ccccc2)n1. The number of nitrogens with zero attached hydrogens (tertiary/aromatic N) is 5. The van der Waals surface area contributed by atoms with E-state index >= 15 is 0 Å². The van der Waals surface area contributed by atoms with Crippen molar-refractivity contribution in [1.82, 2.24) is 24.5 Å². The van der Waals surface area contributed by atoms with E-state index in [1.54, 1.807) is 0 Å². The van der Waals surface area contributed by atoms with Crippen molar-refractivity contribution in [2.75, 3.05) is 0 Å². The first kappa shape index (κ1) is 29.4. The molecule has 3 heterocycles. The highest BCUT2D eigenvalue weighted by atomic mass is 15.1. The van der Waals surface area contributed by atoms with Crippen LogP contribution in [0.1, 0.15) is 5.56 Å². The lowest BCUT2D eigenvalue weighted by Crippen LogP contribution is -2.04. The van der Waals surface area contributed by atoms with Crippen LogP contribution in [0.3, 0.4) is 0 Å². The van der Waals surface area contributed by atoms with Gasteiger partial charge in [-0.25, -0.2) is 15.0 Å². The fourth-order valence-electron chi connectivity index (χ4n) is 6.86. The molecule has 3 aromatic heterocycles. The van der Waals surface area contributed by atoms with Crippen molar-refractivity contribution in [2.24, 2.45) is 0 Å². The Labute approximate surface area is 290 Å². The average molecular weight is 642 g/mol. The van der Waals surface area contributed by atoms with Gasteiger partial charge in [-0.1, -0.05) is 115 Å². The third kappa shape index (κ3) is 5.22. The summed E-state index contributed by atoms with van der Waals surface area (Å²) in [6, 6.07) is 54.9. The minimum Gasteiger partial charge on any atom is -0.309 e. The average Bonchev–Trinajstić information content (AvgIpc) is 3.52. The van der Waals surface area contributed by atoms with Gasteiger partial charge in [0, 0.05) is 39.9 Å². The van der Waals surface area contributed by atoms with E-state index in [9.17, 15) is 0 Å². The Morgan fingerprint density at radius 3 is 1.72 bits per heavy atom. The summed E-state index contributed by atoms with van der Waals surface area (Å²) in [5.41, 5.74) is 11.8. The van der Waals surface area contributed by atoms with Crippen LogP contribution in [0.5, 0.6) is 0 Å². The number of pyridine rings is 1. The van der Waals surface area contributed by atoms with Crippen LogP contribution >= 0.6 is 0 Å². The molecule has 0 N–H and O–H groups in total. The van der Waals surface area contributed by atoms with Gasteiger partial charge in [0.1, 0.15) is 0 Å². The largest absolute Gasteiger partial charge is 0.309 e. The van der Waals surface area contributed by atoms with E-state index < -0.39 is 0 Å². The minimum absolute atomic E-state index is 0.603. The van der Waals surface area contributed by atoms with Gasteiger partial charge >= 0.3 is 0 Å². The molecule has 5 nitrogen and oxygen atoms in total. The van der Waals surface area contributed by atoms with E-state index in [-0.39, 0.29) is 0 Å². The molecule has 9 aromatic rings. The summed E-state index contributed by atoms with van der Waals surface area (Å²) in [4.78, 5) is 19.6. The molecule has 0 saturated heterocycles. The van der Waals surface area contributed by atoms with Crippen molar-refractivity contribution in [3.8, 4) is 62.1 Å². The number of aromatic nitrogens is 5. The van der Waals surface area contributed by atoms with Crippen molar-refractivity contribution in [3.63, 3.8) is 0 Å². The van der Waals surface area contributed by atoms with Gasteiger partial charge in [0.05, 0.1) is 16.7 Å². The topological polar surface area (TPSA) is 56.5 Å². The molecule has 0 amide bonds. The Hall–Kier alpha value is -6.72. The second kappa shape index (κ2) is 12.4. The van der Waals surface area contributed by atoms with Crippen molar-refractivity contribution < 1.29 is 0 Å². The van der Waals surface area contributed by atoms with Gasteiger partial charge < -0.3 is 4.57 Å². The third-order valence-corrected chi connectivity index (χ3v) is 9.32. The van der Waals surface area contributed by atoms with Crippen LogP contribution in [0, 0.1) is 6.92 Å². The molecule has 0 spiro atoms. The zero-order chi connectivity index (χ0) is 33.4. The molecule has 0 bridgehead atoms. The minimum atomic E-state index is 0.603. The molecule has 236 valence electrons. The van der Waals surface area contributed by atoms with Crippen molar-refractivity contribution in [1.29, 1.82) is 0 Å². The fourth-order valence-corrected chi connectivity index (χ4v) is 6.86. The molecule has 5 heteroatoms. The standard InChI is InChI=1S/C45H31N5/c1-30-12-8-9-17-36(30)35-21-23-41-38(29-35)37-18-10-11-19-40(37)50(41)42-22-20-34(31-24-26-46-27-25-31)28-39(42)45-48-43(32-13-4-2-5-14-32)47-44(49-45)33-15-6-3-7-16-33/h2-29H,1H3. The van der Waals surface area contributed by atoms with Gasteiger partial charge in [0.15, 0.2) is 17.5 Å². The molecular weight excluding hydrogens is 611 g/mol. The number of hydrogen-bond acceptors (Lipinski definition) is 4. The maximum absolute atomic E-state index is 5.18. The zero-order valence-corrected chi connectivity index (χ0v) is 27.4. The van der Waals surface area contributed by atoms with Crippen LogP contribution in [0.2, 0.25) is 0 Å². The quantitative estimate of drug-likeness (QED) is 0.181. The Balaban J connectivity index is 1.34. The van der Waals surface area contributed by atoms with E-state index in [0.717, 1.165) is 44.5 Å². The van der Waals surface area contributed by atoms with E-state index in [0.29, 0.717) is 17.5 Å². The first-order valence-electron chi connectivity index (χ1n) is 16.7. The van der Waals surface area contributed by atoms with Gasteiger partial charge in [-0.3, -0.25) is 4.98 Å². The molecule has 0 aliphatic heterocycles. The maximum atomic E-state index is 5.18. The number of rotatable bonds is 6. The highest BCUT2D eigenvalue weighted by Gasteiger charge is 2.20. The van der Waals surface area contributed by atoms with Crippen LogP contribution < -0.4 is 0 Å². The molecule has 0 aliphatic rings. The number of benzene rings is 6. The summed E-state index contributed by atoms with van der Waals surface area (Å²) in [5.74, 6) is 1.85. The Morgan fingerprint density at radius 2 is 1.00 bits per heavy atom. The summed E-state index contributed by atoms with van der Waals surface area (Å²) in [5, 5.41) is 2.38. The molecule has 0 saturated carbocycles. The molecule has 50 heavy (non-hydrogen) atoms. The van der Waals surface area contributed by atoms with Gasteiger partial charge in [0.2, 0.25) is 0 Å². The van der Waals surface area contributed by atoms with Crippen molar-refractivity contribution >= 4 is 21.8 Å². The number of aryl methyl sites for hydroxylation is 1. The normalized spacial score (nSPS) is 11.3. The first-order chi connectivity index (χ1) is 24.7. The molecule has 9 rings (SSSR count). The Morgan fingerprint density at radius 1 is 0.400 bits per heavy atom. The van der Waals surface area contributed by atoms with Crippen molar-refractivity contribution in [2.45, 2.75) is 6.92 Å². The highest BCUT2D eigenvalue weighted by molar-refractivity contribution is 6.11. The van der Waals surface area contributed by atoms with Gasteiger partial charge in [-0.15, -0.1) is 0 Å². The first-order valence-corrected chi connectivity index (χ1v) is 16.7.